The Labute approximate surface area is 219 Å². The first-order valence-electron chi connectivity index (χ1n) is 12.3. The van der Waals surface area contributed by atoms with Crippen molar-refractivity contribution in [3.63, 3.8) is 0 Å². The number of amides is 2. The number of thioether (sulfide) groups is 1. The highest BCUT2D eigenvalue weighted by atomic mass is 32.2. The molecule has 1 aromatic heterocycles. The zero-order valence-corrected chi connectivity index (χ0v) is 21.6. The minimum Gasteiger partial charge on any atom is -0.548 e. The number of H-pyrrole nitrogens is 1. The van der Waals surface area contributed by atoms with Gasteiger partial charge in [0.2, 0.25) is 11.8 Å². The smallest absolute Gasteiger partial charge is 0.305 e. The first kappa shape index (κ1) is 24.4. The molecule has 3 fully saturated rings. The number of nitrogens with zero attached hydrogens (tertiary/aromatic N) is 2. The number of carboxylic acid groups (broad SMARTS) is 1. The van der Waals surface area contributed by atoms with Crippen LogP contribution >= 0.6 is 23.1 Å². The maximum atomic E-state index is 13.7. The number of fused-ring (bicyclic) bond motifs is 9. The van der Waals surface area contributed by atoms with Gasteiger partial charge in [0.25, 0.3) is 5.69 Å². The summed E-state index contributed by atoms with van der Waals surface area (Å²) in [6.45, 7) is 3.67. The van der Waals surface area contributed by atoms with Gasteiger partial charge in [0.15, 0.2) is 0 Å². The number of nitro benzene ring substituents is 1. The average Bonchev–Trinajstić information content (AvgIpc) is 3.56. The van der Waals surface area contributed by atoms with Gasteiger partial charge in [-0.05, 0) is 42.1 Å². The van der Waals surface area contributed by atoms with Gasteiger partial charge in [-0.2, -0.15) is 0 Å². The van der Waals surface area contributed by atoms with E-state index in [4.69, 9.17) is 0 Å². The molecule has 1 N–H and O–H groups in total. The maximum absolute atomic E-state index is 13.7. The van der Waals surface area contributed by atoms with Crippen LogP contribution in [0.5, 0.6) is 0 Å². The topological polar surface area (TPSA) is 154 Å². The third-order valence-electron chi connectivity index (χ3n) is 8.48. The monoisotopic (exact) mass is 542 g/mol. The van der Waals surface area contributed by atoms with Crippen molar-refractivity contribution in [2.75, 3.05) is 0 Å². The first-order chi connectivity index (χ1) is 17.6. The van der Waals surface area contributed by atoms with Gasteiger partial charge in [-0.15, -0.1) is 11.8 Å². The van der Waals surface area contributed by atoms with E-state index in [-0.39, 0.29) is 51.8 Å². The number of aliphatic carboxylic acids is 1. The van der Waals surface area contributed by atoms with Crippen molar-refractivity contribution in [1.82, 2.24) is 9.88 Å². The number of hydrogen-bond acceptors (Lipinski definition) is 9. The Morgan fingerprint density at radius 2 is 1.89 bits per heavy atom. The number of carbonyl (C=O) groups is 3. The van der Waals surface area contributed by atoms with Crippen LogP contribution in [0.4, 0.5) is 5.69 Å². The summed E-state index contributed by atoms with van der Waals surface area (Å²) in [5.41, 5.74) is 0.646. The van der Waals surface area contributed by atoms with Crippen molar-refractivity contribution >= 4 is 46.6 Å². The SMILES string of the molecule is CC(C)CC(C(=O)[O-])N1C(=O)C2C3CC(C2C1=O)C1C(c2cccc([N+](=O)[O-])c2)c2sc(=O)[nH]c2SC31. The van der Waals surface area contributed by atoms with Gasteiger partial charge in [0.1, 0.15) is 0 Å². The second-order valence-corrected chi connectivity index (χ2v) is 13.0. The number of nitrogens with one attached hydrogen (secondary N) is 1. The number of carbonyl (C=O) groups excluding carboxylic acids is 3. The van der Waals surface area contributed by atoms with Crippen molar-refractivity contribution in [2.24, 2.45) is 35.5 Å². The number of nitro groups is 1. The van der Waals surface area contributed by atoms with Crippen molar-refractivity contribution in [1.29, 1.82) is 0 Å². The summed E-state index contributed by atoms with van der Waals surface area (Å²) in [5.74, 6) is -4.43. The molecular formula is C25H24N3O7S2-. The van der Waals surface area contributed by atoms with Crippen LogP contribution in [0.3, 0.4) is 0 Å². The summed E-state index contributed by atoms with van der Waals surface area (Å²) >= 11 is 2.59. The van der Waals surface area contributed by atoms with Crippen molar-refractivity contribution < 1.29 is 24.4 Å². The highest BCUT2D eigenvalue weighted by Crippen LogP contribution is 2.68. The van der Waals surface area contributed by atoms with E-state index in [1.807, 2.05) is 19.9 Å². The molecule has 10 nitrogen and oxygen atoms in total. The molecule has 1 saturated heterocycles. The molecule has 1 aromatic carbocycles. The van der Waals surface area contributed by atoms with E-state index in [0.29, 0.717) is 17.0 Å². The third kappa shape index (κ3) is 3.52. The fourth-order valence-corrected chi connectivity index (χ4v) is 10.2. The van der Waals surface area contributed by atoms with Crippen LogP contribution in [0, 0.1) is 45.6 Å². The molecule has 0 spiro atoms. The lowest BCUT2D eigenvalue weighted by Gasteiger charge is -2.43. The Bertz CT molecular complexity index is 1400. The number of thiazole rings is 1. The van der Waals surface area contributed by atoms with Crippen molar-refractivity contribution in [3.05, 3.63) is 54.5 Å². The summed E-state index contributed by atoms with van der Waals surface area (Å²) < 4.78 is 0. The molecular weight excluding hydrogens is 518 g/mol. The Hall–Kier alpha value is -2.99. The molecule has 2 bridgehead atoms. The van der Waals surface area contributed by atoms with Crippen molar-refractivity contribution in [2.45, 2.75) is 48.9 Å². The Morgan fingerprint density at radius 3 is 2.54 bits per heavy atom. The van der Waals surface area contributed by atoms with Crippen molar-refractivity contribution in [3.8, 4) is 0 Å². The maximum Gasteiger partial charge on any atom is 0.305 e. The van der Waals surface area contributed by atoms with E-state index in [1.165, 1.54) is 23.9 Å². The summed E-state index contributed by atoms with van der Waals surface area (Å²) in [4.78, 5) is 67.1. The van der Waals surface area contributed by atoms with E-state index < -0.39 is 40.6 Å². The van der Waals surface area contributed by atoms with E-state index in [1.54, 1.807) is 6.07 Å². The molecule has 2 aromatic rings. The number of carboxylic acids is 1. The van der Waals surface area contributed by atoms with E-state index >= 15 is 0 Å². The van der Waals surface area contributed by atoms with Crippen LogP contribution in [0.15, 0.2) is 34.1 Å². The molecule has 2 saturated carbocycles. The number of aromatic amines is 1. The van der Waals surface area contributed by atoms with E-state index in [2.05, 4.69) is 4.98 Å². The van der Waals surface area contributed by atoms with Crippen LogP contribution in [0.1, 0.15) is 43.0 Å². The molecule has 8 unspecified atom stereocenters. The van der Waals surface area contributed by atoms with Gasteiger partial charge in [-0.3, -0.25) is 29.4 Å². The van der Waals surface area contributed by atoms with Crippen LogP contribution in [0.2, 0.25) is 0 Å². The van der Waals surface area contributed by atoms with Gasteiger partial charge in [-0.1, -0.05) is 37.3 Å². The molecule has 3 heterocycles. The molecule has 12 heteroatoms. The molecule has 8 atom stereocenters. The number of imide groups is 1. The number of rotatable bonds is 6. The van der Waals surface area contributed by atoms with Gasteiger partial charge < -0.3 is 14.9 Å². The molecule has 2 amide bonds. The lowest BCUT2D eigenvalue weighted by molar-refractivity contribution is -0.384. The molecule has 194 valence electrons. The molecule has 0 radical (unpaired) electrons. The van der Waals surface area contributed by atoms with Gasteiger partial charge in [-0.25, -0.2) is 0 Å². The summed E-state index contributed by atoms with van der Waals surface area (Å²) in [7, 11) is 0. The fraction of sp³-hybridized carbons (Fsp3) is 0.520. The predicted molar refractivity (Wildman–Crippen MR) is 132 cm³/mol. The van der Waals surface area contributed by atoms with E-state index in [0.717, 1.165) is 21.1 Å². The van der Waals surface area contributed by atoms with Crippen LogP contribution in [0.25, 0.3) is 0 Å². The Kier molecular flexibility index (Phi) is 5.61. The standard InChI is InChI=1S/C25H25N3O7S2/c1-9(2)6-14(24(31)32)27-22(29)17-12-8-13(18(17)23(27)30)19-16(12)15(20-21(36-19)26-25(33)37-20)10-4-3-5-11(7-10)28(34)35/h3-5,7,9,12-19H,6,8H2,1-2H3,(H,26,33)(H,31,32)/p-1. The lowest BCUT2D eigenvalue weighted by atomic mass is 9.68. The summed E-state index contributed by atoms with van der Waals surface area (Å²) in [5, 5.41) is 24.1. The third-order valence-corrected chi connectivity index (χ3v) is 11.1. The number of non-ortho nitro benzene ring substituents is 1. The second-order valence-electron chi connectivity index (χ2n) is 10.8. The predicted octanol–water partition coefficient (Wildman–Crippen LogP) is 1.98. The number of hydrogen-bond donors (Lipinski definition) is 1. The van der Waals surface area contributed by atoms with Crippen LogP contribution in [-0.4, -0.2) is 43.9 Å². The first-order valence-corrected chi connectivity index (χ1v) is 14.0. The number of benzene rings is 1. The second kappa shape index (κ2) is 8.52. The molecule has 2 aliphatic heterocycles. The quantitative estimate of drug-likeness (QED) is 0.330. The normalized spacial score (nSPS) is 32.4. The number of aromatic nitrogens is 1. The number of likely N-dealkylation sites (tertiary alicyclic amines) is 1. The summed E-state index contributed by atoms with van der Waals surface area (Å²) in [6, 6.07) is 5.08. The fourth-order valence-electron chi connectivity index (χ4n) is 7.31. The lowest BCUT2D eigenvalue weighted by Crippen LogP contribution is -2.52. The molecule has 37 heavy (non-hydrogen) atoms. The van der Waals surface area contributed by atoms with Crippen LogP contribution in [-0.2, 0) is 14.4 Å². The highest BCUT2D eigenvalue weighted by Gasteiger charge is 2.70. The van der Waals surface area contributed by atoms with Crippen LogP contribution < -0.4 is 9.98 Å². The minimum absolute atomic E-state index is 0.0511. The Morgan fingerprint density at radius 1 is 1.19 bits per heavy atom. The summed E-state index contributed by atoms with van der Waals surface area (Å²) in [6.07, 6.45) is 0.777. The molecule has 4 aliphatic rings. The minimum atomic E-state index is -1.43. The zero-order chi connectivity index (χ0) is 26.3. The highest BCUT2D eigenvalue weighted by molar-refractivity contribution is 8.00. The Balaban J connectivity index is 1.43. The molecule has 6 rings (SSSR count). The van der Waals surface area contributed by atoms with Gasteiger partial charge in [0, 0.05) is 28.2 Å². The van der Waals surface area contributed by atoms with Gasteiger partial charge in [0.05, 0.1) is 33.8 Å². The molecule has 2 aliphatic carbocycles. The van der Waals surface area contributed by atoms with E-state index in [9.17, 15) is 34.4 Å². The largest absolute Gasteiger partial charge is 0.548 e. The average molecular weight is 543 g/mol. The van der Waals surface area contributed by atoms with Gasteiger partial charge >= 0.3 is 4.87 Å². The zero-order valence-electron chi connectivity index (χ0n) is 20.0.